The van der Waals surface area contributed by atoms with Gasteiger partial charge in [-0.05, 0) is 36.1 Å². The van der Waals surface area contributed by atoms with Gasteiger partial charge in [-0.1, -0.05) is 18.2 Å². The molecule has 25 heavy (non-hydrogen) atoms. The molecule has 128 valence electrons. The predicted octanol–water partition coefficient (Wildman–Crippen LogP) is 2.73. The number of nitrogens with zero attached hydrogens (tertiary/aromatic N) is 4. The summed E-state index contributed by atoms with van der Waals surface area (Å²) < 4.78 is 8.10. The lowest BCUT2D eigenvalue weighted by Gasteiger charge is -2.19. The van der Waals surface area contributed by atoms with E-state index in [0.717, 1.165) is 66.7 Å². The number of likely N-dealkylation sites (tertiary alicyclic amines) is 1. The number of aryl methyl sites for hydroxylation is 1. The minimum atomic E-state index is 0.721. The van der Waals surface area contributed by atoms with Crippen molar-refractivity contribution in [3.05, 3.63) is 54.5 Å². The lowest BCUT2D eigenvalue weighted by atomic mass is 10.2. The SMILES string of the molecule is Cn1c(CN2C[C@@H]3C(COc4ccccc4)[C@@H]3C2)nc2ncccc21. The number of aromatic nitrogens is 3. The molecule has 0 amide bonds. The van der Waals surface area contributed by atoms with Crippen molar-refractivity contribution >= 4 is 11.2 Å². The summed E-state index contributed by atoms with van der Waals surface area (Å²) in [5.41, 5.74) is 1.95. The molecule has 2 fully saturated rings. The minimum Gasteiger partial charge on any atom is -0.493 e. The third-order valence-corrected chi connectivity index (χ3v) is 5.75. The number of rotatable bonds is 5. The standard InChI is InChI=1S/C20H22N4O/c1-23-18-8-5-9-21-20(18)22-19(23)12-24-10-15-16(11-24)17(15)13-25-14-6-3-2-4-7-14/h2-9,15-17H,10-13H2,1H3/t15-,16+,17?. The van der Waals surface area contributed by atoms with E-state index in [2.05, 4.69) is 27.6 Å². The highest BCUT2D eigenvalue weighted by atomic mass is 16.5. The second-order valence-electron chi connectivity index (χ2n) is 7.24. The van der Waals surface area contributed by atoms with Crippen LogP contribution in [0.4, 0.5) is 0 Å². The van der Waals surface area contributed by atoms with Crippen molar-refractivity contribution in [1.82, 2.24) is 19.4 Å². The predicted molar refractivity (Wildman–Crippen MR) is 96.2 cm³/mol. The van der Waals surface area contributed by atoms with Gasteiger partial charge in [0.2, 0.25) is 0 Å². The van der Waals surface area contributed by atoms with Crippen LogP contribution in [-0.2, 0) is 13.6 Å². The zero-order valence-corrected chi connectivity index (χ0v) is 14.4. The maximum atomic E-state index is 5.94. The Morgan fingerprint density at radius 1 is 1.08 bits per heavy atom. The quantitative estimate of drug-likeness (QED) is 0.720. The number of pyridine rings is 1. The molecule has 0 spiro atoms. The van der Waals surface area contributed by atoms with Crippen LogP contribution in [0, 0.1) is 17.8 Å². The van der Waals surface area contributed by atoms with Gasteiger partial charge < -0.3 is 9.30 Å². The summed E-state index contributed by atoms with van der Waals surface area (Å²) in [6.07, 6.45) is 1.81. The molecule has 5 heteroatoms. The minimum absolute atomic E-state index is 0.721. The van der Waals surface area contributed by atoms with E-state index in [0.29, 0.717) is 0 Å². The third kappa shape index (κ3) is 2.68. The van der Waals surface area contributed by atoms with Gasteiger partial charge in [0.25, 0.3) is 0 Å². The molecule has 2 aromatic heterocycles. The maximum Gasteiger partial charge on any atom is 0.177 e. The molecule has 0 N–H and O–H groups in total. The van der Waals surface area contributed by atoms with Gasteiger partial charge in [0.05, 0.1) is 18.7 Å². The van der Waals surface area contributed by atoms with Crippen LogP contribution in [0.3, 0.4) is 0 Å². The molecule has 5 nitrogen and oxygen atoms in total. The van der Waals surface area contributed by atoms with Crippen molar-refractivity contribution < 1.29 is 4.74 Å². The molecular formula is C20H22N4O. The Bertz CT molecular complexity index is 879. The van der Waals surface area contributed by atoms with Crippen LogP contribution in [0.25, 0.3) is 11.2 Å². The van der Waals surface area contributed by atoms with Crippen molar-refractivity contribution in [2.45, 2.75) is 6.54 Å². The smallest absolute Gasteiger partial charge is 0.177 e. The highest BCUT2D eigenvalue weighted by molar-refractivity contribution is 5.71. The summed E-state index contributed by atoms with van der Waals surface area (Å²) >= 11 is 0. The summed E-state index contributed by atoms with van der Waals surface area (Å²) in [7, 11) is 2.08. The molecule has 1 saturated carbocycles. The van der Waals surface area contributed by atoms with Crippen LogP contribution in [0.1, 0.15) is 5.82 Å². The van der Waals surface area contributed by atoms with Crippen molar-refractivity contribution in [2.75, 3.05) is 19.7 Å². The normalized spacial score (nSPS) is 25.2. The molecule has 3 heterocycles. The van der Waals surface area contributed by atoms with Crippen molar-refractivity contribution in [3.63, 3.8) is 0 Å². The Kier molecular flexibility index (Phi) is 3.48. The van der Waals surface area contributed by atoms with E-state index < -0.39 is 0 Å². The molecule has 1 unspecified atom stereocenters. The van der Waals surface area contributed by atoms with Crippen LogP contribution in [0.15, 0.2) is 48.7 Å². The van der Waals surface area contributed by atoms with Crippen molar-refractivity contribution in [1.29, 1.82) is 0 Å². The number of benzene rings is 1. The molecule has 3 atom stereocenters. The maximum absolute atomic E-state index is 5.94. The Hall–Kier alpha value is -2.40. The lowest BCUT2D eigenvalue weighted by Crippen LogP contribution is -2.26. The van der Waals surface area contributed by atoms with E-state index in [1.54, 1.807) is 0 Å². The van der Waals surface area contributed by atoms with Crippen LogP contribution in [0.5, 0.6) is 5.75 Å². The lowest BCUT2D eigenvalue weighted by molar-refractivity contribution is 0.226. The molecule has 0 bridgehead atoms. The number of hydrogen-bond acceptors (Lipinski definition) is 4. The summed E-state index contributed by atoms with van der Waals surface area (Å²) in [4.78, 5) is 11.6. The summed E-state index contributed by atoms with van der Waals surface area (Å²) in [6, 6.07) is 14.2. The van der Waals surface area contributed by atoms with Gasteiger partial charge in [0.15, 0.2) is 5.65 Å². The highest BCUT2D eigenvalue weighted by Gasteiger charge is 2.55. The van der Waals surface area contributed by atoms with Gasteiger partial charge in [0, 0.05) is 32.3 Å². The van der Waals surface area contributed by atoms with Gasteiger partial charge in [0.1, 0.15) is 11.6 Å². The molecule has 1 aliphatic heterocycles. The van der Waals surface area contributed by atoms with Crippen molar-refractivity contribution in [2.24, 2.45) is 24.8 Å². The van der Waals surface area contributed by atoms with Gasteiger partial charge in [-0.2, -0.15) is 0 Å². The fraction of sp³-hybridized carbons (Fsp3) is 0.400. The second-order valence-corrected chi connectivity index (χ2v) is 7.24. The fourth-order valence-electron chi connectivity index (χ4n) is 4.24. The summed E-state index contributed by atoms with van der Waals surface area (Å²) in [5, 5.41) is 0. The van der Waals surface area contributed by atoms with E-state index in [4.69, 9.17) is 9.72 Å². The van der Waals surface area contributed by atoms with Crippen LogP contribution >= 0.6 is 0 Å². The second kappa shape index (κ2) is 5.85. The number of imidazole rings is 1. The number of ether oxygens (including phenoxy) is 1. The molecule has 3 aromatic rings. The topological polar surface area (TPSA) is 43.2 Å². The number of piperidine rings is 1. The van der Waals surface area contributed by atoms with Crippen LogP contribution in [-0.4, -0.2) is 39.1 Å². The molecule has 1 aromatic carbocycles. The fourth-order valence-corrected chi connectivity index (χ4v) is 4.24. The summed E-state index contributed by atoms with van der Waals surface area (Å²) in [5.74, 6) is 4.38. The zero-order chi connectivity index (χ0) is 16.8. The molecule has 1 saturated heterocycles. The molecule has 0 radical (unpaired) electrons. The van der Waals surface area contributed by atoms with Gasteiger partial charge in [-0.15, -0.1) is 0 Å². The first-order valence-electron chi connectivity index (χ1n) is 8.96. The number of hydrogen-bond donors (Lipinski definition) is 0. The zero-order valence-electron chi connectivity index (χ0n) is 14.4. The first kappa shape index (κ1) is 14.9. The van der Waals surface area contributed by atoms with Gasteiger partial charge >= 0.3 is 0 Å². The van der Waals surface area contributed by atoms with E-state index in [1.807, 2.05) is 42.6 Å². The Balaban J connectivity index is 1.18. The molecule has 5 rings (SSSR count). The van der Waals surface area contributed by atoms with Crippen molar-refractivity contribution in [3.8, 4) is 5.75 Å². The first-order valence-corrected chi connectivity index (χ1v) is 8.96. The van der Waals surface area contributed by atoms with Gasteiger partial charge in [-0.3, -0.25) is 4.90 Å². The Morgan fingerprint density at radius 3 is 2.64 bits per heavy atom. The number of fused-ring (bicyclic) bond motifs is 2. The highest BCUT2D eigenvalue weighted by Crippen LogP contribution is 2.52. The first-order chi connectivity index (χ1) is 12.3. The molecule has 1 aliphatic carbocycles. The monoisotopic (exact) mass is 334 g/mol. The molecule has 2 aliphatic rings. The largest absolute Gasteiger partial charge is 0.493 e. The van der Waals surface area contributed by atoms with Crippen LogP contribution < -0.4 is 4.74 Å². The Morgan fingerprint density at radius 2 is 1.88 bits per heavy atom. The average Bonchev–Trinajstić information content (AvgIpc) is 2.97. The average molecular weight is 334 g/mol. The van der Waals surface area contributed by atoms with E-state index in [9.17, 15) is 0 Å². The number of para-hydroxylation sites is 1. The van der Waals surface area contributed by atoms with E-state index >= 15 is 0 Å². The Labute approximate surface area is 147 Å². The third-order valence-electron chi connectivity index (χ3n) is 5.75. The molecular weight excluding hydrogens is 312 g/mol. The van der Waals surface area contributed by atoms with E-state index in [1.165, 1.54) is 0 Å². The van der Waals surface area contributed by atoms with Crippen LogP contribution in [0.2, 0.25) is 0 Å². The summed E-state index contributed by atoms with van der Waals surface area (Å²) in [6.45, 7) is 4.07. The van der Waals surface area contributed by atoms with Gasteiger partial charge in [-0.25, -0.2) is 9.97 Å². The van der Waals surface area contributed by atoms with E-state index in [-0.39, 0.29) is 0 Å².